The van der Waals surface area contributed by atoms with Gasteiger partial charge in [-0.15, -0.1) is 0 Å². The molecule has 0 aliphatic heterocycles. The molecule has 0 radical (unpaired) electrons. The van der Waals surface area contributed by atoms with Gasteiger partial charge in [-0.3, -0.25) is 19.2 Å². The van der Waals surface area contributed by atoms with Crippen molar-refractivity contribution in [2.75, 3.05) is 17.8 Å². The topological polar surface area (TPSA) is 194 Å². The fourth-order valence-electron chi connectivity index (χ4n) is 2.87. The Morgan fingerprint density at radius 3 is 2.06 bits per heavy atom. The van der Waals surface area contributed by atoms with E-state index in [1.54, 1.807) is 36.6 Å². The van der Waals surface area contributed by atoms with E-state index in [4.69, 9.17) is 11.5 Å². The standard InChI is InChI=1S/C21H31N5O6S2/c1-34-8-7-14(19(29)26-16(21(31)32)9-12-5-3-2-4-6-12)24-20(30)15(10-17(23)27)25-18(28)13(22)11-33/h2-6,13-16,33H,7-11,22H2,1H3,(H2,23,27)(H,24,30)(H,25,28)(H,26,29)(H,31,32). The molecular weight excluding hydrogens is 482 g/mol. The molecule has 11 nitrogen and oxygen atoms in total. The minimum atomic E-state index is -1.36. The van der Waals surface area contributed by atoms with Gasteiger partial charge in [0.1, 0.15) is 18.1 Å². The van der Waals surface area contributed by atoms with Crippen LogP contribution in [0.25, 0.3) is 0 Å². The molecule has 0 aliphatic rings. The predicted octanol–water partition coefficient (Wildman–Crippen LogP) is -1.35. The lowest BCUT2D eigenvalue weighted by Gasteiger charge is -2.24. The molecule has 13 heteroatoms. The first-order valence-electron chi connectivity index (χ1n) is 10.4. The highest BCUT2D eigenvalue weighted by atomic mass is 32.2. The first-order chi connectivity index (χ1) is 16.1. The van der Waals surface area contributed by atoms with E-state index < -0.39 is 60.2 Å². The fraction of sp³-hybridized carbons (Fsp3) is 0.476. The van der Waals surface area contributed by atoms with Crippen LogP contribution in [0.15, 0.2) is 30.3 Å². The van der Waals surface area contributed by atoms with Crippen LogP contribution in [-0.2, 0) is 30.4 Å². The summed E-state index contributed by atoms with van der Waals surface area (Å²) in [6, 6.07) is 4.06. The number of thioether (sulfide) groups is 1. The number of hydrogen-bond donors (Lipinski definition) is 7. The van der Waals surface area contributed by atoms with E-state index in [2.05, 4.69) is 28.6 Å². The Kier molecular flexibility index (Phi) is 13.1. The first-order valence-corrected chi connectivity index (χ1v) is 12.4. The molecule has 0 heterocycles. The number of amides is 4. The SMILES string of the molecule is CSCCC(NC(=O)C(CC(N)=O)NC(=O)C(N)CS)C(=O)NC(Cc1ccccc1)C(=O)O. The molecule has 0 saturated heterocycles. The lowest BCUT2D eigenvalue weighted by Crippen LogP contribution is -2.58. The van der Waals surface area contributed by atoms with Crippen molar-refractivity contribution in [1.82, 2.24) is 16.0 Å². The number of thiol groups is 1. The van der Waals surface area contributed by atoms with E-state index >= 15 is 0 Å². The van der Waals surface area contributed by atoms with Gasteiger partial charge in [-0.2, -0.15) is 24.4 Å². The van der Waals surface area contributed by atoms with Gasteiger partial charge in [0.05, 0.1) is 12.5 Å². The van der Waals surface area contributed by atoms with Crippen LogP contribution in [0.4, 0.5) is 0 Å². The molecule has 0 spiro atoms. The summed E-state index contributed by atoms with van der Waals surface area (Å²) in [5.41, 5.74) is 11.5. The van der Waals surface area contributed by atoms with E-state index in [1.165, 1.54) is 11.8 Å². The lowest BCUT2D eigenvalue weighted by atomic mass is 10.0. The molecule has 0 fully saturated rings. The number of carbonyl (C=O) groups is 5. The van der Waals surface area contributed by atoms with Crippen molar-refractivity contribution in [2.45, 2.75) is 43.4 Å². The zero-order valence-corrected chi connectivity index (χ0v) is 20.4. The maximum absolute atomic E-state index is 12.9. The Hall–Kier alpha value is -2.77. The largest absolute Gasteiger partial charge is 0.480 e. The Labute approximate surface area is 207 Å². The molecule has 1 aromatic rings. The number of benzene rings is 1. The minimum Gasteiger partial charge on any atom is -0.480 e. The van der Waals surface area contributed by atoms with E-state index in [0.717, 1.165) is 0 Å². The number of carboxylic acid groups (broad SMARTS) is 1. The summed E-state index contributed by atoms with van der Waals surface area (Å²) in [7, 11) is 0. The van der Waals surface area contributed by atoms with Crippen molar-refractivity contribution >= 4 is 54.0 Å². The third kappa shape index (κ3) is 10.4. The molecule has 8 N–H and O–H groups in total. The van der Waals surface area contributed by atoms with Crippen molar-refractivity contribution in [3.05, 3.63) is 35.9 Å². The van der Waals surface area contributed by atoms with Crippen LogP contribution in [-0.4, -0.2) is 76.6 Å². The number of hydrogen-bond acceptors (Lipinski definition) is 8. The van der Waals surface area contributed by atoms with E-state index in [1.807, 2.05) is 0 Å². The summed E-state index contributed by atoms with van der Waals surface area (Å²) in [6.45, 7) is 0. The van der Waals surface area contributed by atoms with Gasteiger partial charge in [-0.25, -0.2) is 4.79 Å². The molecule has 1 aromatic carbocycles. The Morgan fingerprint density at radius 1 is 0.971 bits per heavy atom. The van der Waals surface area contributed by atoms with E-state index in [0.29, 0.717) is 11.3 Å². The minimum absolute atomic E-state index is 0.00743. The maximum Gasteiger partial charge on any atom is 0.326 e. The van der Waals surface area contributed by atoms with Crippen LogP contribution in [0.1, 0.15) is 18.4 Å². The van der Waals surface area contributed by atoms with Crippen molar-refractivity contribution in [2.24, 2.45) is 11.5 Å². The Balaban J connectivity index is 2.97. The molecule has 34 heavy (non-hydrogen) atoms. The molecule has 4 amide bonds. The highest BCUT2D eigenvalue weighted by molar-refractivity contribution is 7.98. The molecule has 4 atom stereocenters. The first kappa shape index (κ1) is 29.3. The van der Waals surface area contributed by atoms with Gasteiger partial charge in [0.25, 0.3) is 0 Å². The van der Waals surface area contributed by atoms with E-state index in [-0.39, 0.29) is 18.6 Å². The zero-order valence-electron chi connectivity index (χ0n) is 18.7. The lowest BCUT2D eigenvalue weighted by molar-refractivity contribution is -0.142. The average Bonchev–Trinajstić information content (AvgIpc) is 2.80. The van der Waals surface area contributed by atoms with Crippen molar-refractivity contribution < 1.29 is 29.1 Å². The van der Waals surface area contributed by atoms with Crippen LogP contribution >= 0.6 is 24.4 Å². The third-order valence-corrected chi connectivity index (χ3v) is 5.75. The molecule has 0 aromatic heterocycles. The monoisotopic (exact) mass is 513 g/mol. The quantitative estimate of drug-likeness (QED) is 0.140. The maximum atomic E-state index is 12.9. The summed E-state index contributed by atoms with van der Waals surface area (Å²) in [5.74, 6) is -3.84. The van der Waals surface area contributed by atoms with Crippen molar-refractivity contribution in [1.29, 1.82) is 0 Å². The van der Waals surface area contributed by atoms with Gasteiger partial charge >= 0.3 is 5.97 Å². The second kappa shape index (κ2) is 15.2. The van der Waals surface area contributed by atoms with E-state index in [9.17, 15) is 29.1 Å². The fourth-order valence-corrected chi connectivity index (χ4v) is 3.51. The zero-order chi connectivity index (χ0) is 25.7. The number of carbonyl (C=O) groups excluding carboxylic acids is 4. The summed E-state index contributed by atoms with van der Waals surface area (Å²) in [5, 5.41) is 16.8. The van der Waals surface area contributed by atoms with Gasteiger partial charge in [0, 0.05) is 12.2 Å². The summed E-state index contributed by atoms with van der Waals surface area (Å²) in [6.07, 6.45) is 1.53. The van der Waals surface area contributed by atoms with Gasteiger partial charge in [0.15, 0.2) is 0 Å². The molecule has 4 unspecified atom stereocenters. The van der Waals surface area contributed by atoms with Crippen LogP contribution in [0.5, 0.6) is 0 Å². The van der Waals surface area contributed by atoms with Crippen LogP contribution in [0.2, 0.25) is 0 Å². The molecule has 1 rings (SSSR count). The van der Waals surface area contributed by atoms with Crippen LogP contribution < -0.4 is 27.4 Å². The number of aliphatic carboxylic acids is 1. The second-order valence-corrected chi connectivity index (χ2v) is 8.80. The van der Waals surface area contributed by atoms with Gasteiger partial charge in [-0.1, -0.05) is 30.3 Å². The number of primary amides is 1. The molecule has 188 valence electrons. The number of nitrogens with two attached hydrogens (primary N) is 2. The third-order valence-electron chi connectivity index (χ3n) is 4.71. The number of carboxylic acids is 1. The number of nitrogens with one attached hydrogen (secondary N) is 3. The van der Waals surface area contributed by atoms with Gasteiger partial charge < -0.3 is 32.5 Å². The summed E-state index contributed by atoms with van der Waals surface area (Å²) >= 11 is 5.34. The Morgan fingerprint density at radius 2 is 1.53 bits per heavy atom. The Bertz CT molecular complexity index is 857. The predicted molar refractivity (Wildman–Crippen MR) is 132 cm³/mol. The molecule has 0 aliphatic carbocycles. The second-order valence-electron chi connectivity index (χ2n) is 7.45. The highest BCUT2D eigenvalue weighted by Crippen LogP contribution is 2.07. The van der Waals surface area contributed by atoms with Gasteiger partial charge in [-0.05, 0) is 24.0 Å². The summed E-state index contributed by atoms with van der Waals surface area (Å²) < 4.78 is 0. The highest BCUT2D eigenvalue weighted by Gasteiger charge is 2.30. The number of rotatable bonds is 15. The average molecular weight is 514 g/mol. The van der Waals surface area contributed by atoms with Crippen LogP contribution in [0, 0.1) is 0 Å². The van der Waals surface area contributed by atoms with Crippen molar-refractivity contribution in [3.63, 3.8) is 0 Å². The smallest absolute Gasteiger partial charge is 0.326 e. The molecule has 0 bridgehead atoms. The summed E-state index contributed by atoms with van der Waals surface area (Å²) in [4.78, 5) is 60.9. The van der Waals surface area contributed by atoms with Gasteiger partial charge in [0.2, 0.25) is 23.6 Å². The molecule has 0 saturated carbocycles. The molecular formula is C21H31N5O6S2. The van der Waals surface area contributed by atoms with Crippen molar-refractivity contribution in [3.8, 4) is 0 Å². The van der Waals surface area contributed by atoms with Crippen LogP contribution in [0.3, 0.4) is 0 Å². The normalized spacial score (nSPS) is 14.2.